The van der Waals surface area contributed by atoms with Gasteiger partial charge < -0.3 is 9.26 Å². The van der Waals surface area contributed by atoms with Crippen molar-refractivity contribution < 1.29 is 22.4 Å². The number of pyridine rings is 1. The molecule has 0 amide bonds. The maximum atomic E-state index is 14.0. The maximum Gasteiger partial charge on any atom is 0.306 e. The Morgan fingerprint density at radius 3 is 2.44 bits per heavy atom. The van der Waals surface area contributed by atoms with Crippen LogP contribution in [0.2, 0.25) is 0 Å². The number of ether oxygens (including phenoxy) is 1. The molecule has 2 heterocycles. The van der Waals surface area contributed by atoms with Gasteiger partial charge in [-0.2, -0.15) is 9.37 Å². The van der Waals surface area contributed by atoms with E-state index in [1.807, 2.05) is 20.8 Å². The minimum Gasteiger partial charge on any atom is -0.452 e. The van der Waals surface area contributed by atoms with Gasteiger partial charge in [0, 0.05) is 30.2 Å². The van der Waals surface area contributed by atoms with Gasteiger partial charge in [0.1, 0.15) is 11.4 Å². The molecule has 2 aromatic heterocycles. The highest BCUT2D eigenvalue weighted by molar-refractivity contribution is 5.54. The molecule has 0 bridgehead atoms. The molecular weight excluding hydrogens is 335 g/mol. The largest absolute Gasteiger partial charge is 0.452 e. The molecule has 0 N–H and O–H groups in total. The van der Waals surface area contributed by atoms with Crippen LogP contribution < -0.4 is 4.74 Å². The Morgan fingerprint density at radius 1 is 1.24 bits per heavy atom. The number of rotatable bonds is 5. The Bertz CT molecular complexity index is 765. The smallest absolute Gasteiger partial charge is 0.306 e. The van der Waals surface area contributed by atoms with Gasteiger partial charge >= 0.3 is 12.3 Å². The lowest BCUT2D eigenvalue weighted by molar-refractivity contribution is -0.153. The average Bonchev–Trinajstić information content (AvgIpc) is 3.21. The van der Waals surface area contributed by atoms with Gasteiger partial charge in [-0.05, 0) is 18.8 Å². The summed E-state index contributed by atoms with van der Waals surface area (Å²) in [5.74, 6) is -2.27. The zero-order chi connectivity index (χ0) is 18.4. The summed E-state index contributed by atoms with van der Waals surface area (Å²) in [4.78, 5) is 8.54. The highest BCUT2D eigenvalue weighted by Gasteiger charge is 2.39. The monoisotopic (exact) mass is 355 g/mol. The fourth-order valence-electron chi connectivity index (χ4n) is 2.25. The molecule has 0 aliphatic heterocycles. The molecule has 1 aliphatic carbocycles. The van der Waals surface area contributed by atoms with Crippen LogP contribution >= 0.6 is 0 Å². The number of hydrogen-bond acceptors (Lipinski definition) is 5. The van der Waals surface area contributed by atoms with Crippen molar-refractivity contribution in [3.05, 3.63) is 23.7 Å². The van der Waals surface area contributed by atoms with Crippen LogP contribution in [0.5, 0.6) is 5.75 Å². The molecule has 1 aliphatic rings. The van der Waals surface area contributed by atoms with Crippen molar-refractivity contribution >= 4 is 0 Å². The second-order valence-electron chi connectivity index (χ2n) is 7.44. The van der Waals surface area contributed by atoms with E-state index in [-0.39, 0.29) is 28.6 Å². The highest BCUT2D eigenvalue weighted by atomic mass is 19.3. The summed E-state index contributed by atoms with van der Waals surface area (Å²) in [6, 6.07) is 1.39. The maximum absolute atomic E-state index is 14.0. The standard InChI is InChI=1S/C17H20F3N3O2/c1-16(2,3)15-22-13(23-25-15)11-7-12(24-17(4,20)14(18)19)10(8-21-11)9-5-6-9/h7-9,14H,5-6H2,1-4H3/t17-/m1/s1. The summed E-state index contributed by atoms with van der Waals surface area (Å²) >= 11 is 0. The Labute approximate surface area is 143 Å². The van der Waals surface area contributed by atoms with Gasteiger partial charge in [-0.15, -0.1) is 0 Å². The number of nitrogens with zero attached hydrogens (tertiary/aromatic N) is 3. The Morgan fingerprint density at radius 2 is 1.92 bits per heavy atom. The number of aromatic nitrogens is 3. The molecular formula is C17H20F3N3O2. The minimum atomic E-state index is -3.27. The first kappa shape index (κ1) is 17.7. The van der Waals surface area contributed by atoms with E-state index >= 15 is 0 Å². The van der Waals surface area contributed by atoms with Gasteiger partial charge in [-0.3, -0.25) is 4.98 Å². The van der Waals surface area contributed by atoms with Crippen molar-refractivity contribution in [3.63, 3.8) is 0 Å². The predicted molar refractivity (Wildman–Crippen MR) is 84.3 cm³/mol. The normalized spacial score (nSPS) is 17.6. The molecule has 1 saturated carbocycles. The molecule has 2 aromatic rings. The van der Waals surface area contributed by atoms with Crippen LogP contribution in [0.4, 0.5) is 13.2 Å². The van der Waals surface area contributed by atoms with Crippen molar-refractivity contribution in [1.82, 2.24) is 15.1 Å². The summed E-state index contributed by atoms with van der Waals surface area (Å²) in [5, 5.41) is 3.87. The van der Waals surface area contributed by atoms with Gasteiger partial charge in [-0.25, -0.2) is 8.78 Å². The van der Waals surface area contributed by atoms with Gasteiger partial charge in [-0.1, -0.05) is 25.9 Å². The van der Waals surface area contributed by atoms with Crippen molar-refractivity contribution in [3.8, 4) is 17.3 Å². The lowest BCUT2D eigenvalue weighted by Gasteiger charge is -2.23. The molecule has 1 atom stereocenters. The molecule has 136 valence electrons. The van der Waals surface area contributed by atoms with Crippen LogP contribution in [0.15, 0.2) is 16.8 Å². The molecule has 25 heavy (non-hydrogen) atoms. The molecule has 8 heteroatoms. The molecule has 0 spiro atoms. The second kappa shape index (κ2) is 6.00. The quantitative estimate of drug-likeness (QED) is 0.782. The van der Waals surface area contributed by atoms with Crippen molar-refractivity contribution in [2.24, 2.45) is 0 Å². The van der Waals surface area contributed by atoms with Crippen molar-refractivity contribution in [2.75, 3.05) is 0 Å². The molecule has 3 rings (SSSR count). The predicted octanol–water partition coefficient (Wildman–Crippen LogP) is 4.64. The van der Waals surface area contributed by atoms with Crippen LogP contribution in [0, 0.1) is 0 Å². The zero-order valence-corrected chi connectivity index (χ0v) is 14.5. The highest BCUT2D eigenvalue weighted by Crippen LogP contribution is 2.45. The van der Waals surface area contributed by atoms with Gasteiger partial charge in [0.25, 0.3) is 0 Å². The first-order valence-electron chi connectivity index (χ1n) is 8.08. The molecule has 1 fully saturated rings. The third-order valence-corrected chi connectivity index (χ3v) is 3.91. The fraction of sp³-hybridized carbons (Fsp3) is 0.588. The number of hydrogen-bond donors (Lipinski definition) is 0. The van der Waals surface area contributed by atoms with E-state index < -0.39 is 12.3 Å². The first-order valence-corrected chi connectivity index (χ1v) is 8.08. The summed E-state index contributed by atoms with van der Waals surface area (Å²) in [5.41, 5.74) is 0.558. The number of alkyl halides is 3. The third kappa shape index (κ3) is 3.77. The average molecular weight is 355 g/mol. The van der Waals surface area contributed by atoms with Crippen molar-refractivity contribution in [1.29, 1.82) is 0 Å². The summed E-state index contributed by atoms with van der Waals surface area (Å²) in [7, 11) is 0. The van der Waals surface area contributed by atoms with Gasteiger partial charge in [0.2, 0.25) is 11.7 Å². The zero-order valence-electron chi connectivity index (χ0n) is 14.5. The molecule has 0 aromatic carbocycles. The molecule has 5 nitrogen and oxygen atoms in total. The van der Waals surface area contributed by atoms with E-state index in [9.17, 15) is 13.2 Å². The lowest BCUT2D eigenvalue weighted by atomic mass is 9.97. The summed E-state index contributed by atoms with van der Waals surface area (Å²) in [6.45, 7) is 6.46. The van der Waals surface area contributed by atoms with E-state index in [2.05, 4.69) is 15.1 Å². The fourth-order valence-corrected chi connectivity index (χ4v) is 2.25. The van der Waals surface area contributed by atoms with E-state index in [0.29, 0.717) is 18.4 Å². The Balaban J connectivity index is 1.97. The first-order chi connectivity index (χ1) is 11.6. The Hall–Kier alpha value is -2.12. The number of halogens is 3. The van der Waals surface area contributed by atoms with Crippen LogP contribution in [0.3, 0.4) is 0 Å². The second-order valence-corrected chi connectivity index (χ2v) is 7.44. The minimum absolute atomic E-state index is 0.0416. The van der Waals surface area contributed by atoms with Crippen LogP contribution in [-0.2, 0) is 5.41 Å². The SMILES string of the molecule is CC(C)(C)c1nc(-c2cc(O[C@@](C)(F)C(F)F)c(C3CC3)cn2)no1. The van der Waals surface area contributed by atoms with E-state index in [1.165, 1.54) is 12.3 Å². The van der Waals surface area contributed by atoms with Crippen LogP contribution in [-0.4, -0.2) is 27.4 Å². The molecule has 0 unspecified atom stereocenters. The van der Waals surface area contributed by atoms with Crippen molar-refractivity contribution in [2.45, 2.75) is 64.1 Å². The third-order valence-electron chi connectivity index (χ3n) is 3.91. The molecule has 0 radical (unpaired) electrons. The topological polar surface area (TPSA) is 61.0 Å². The summed E-state index contributed by atoms with van der Waals surface area (Å²) < 4.78 is 49.9. The van der Waals surface area contributed by atoms with Gasteiger partial charge in [0.15, 0.2) is 0 Å². The molecule has 0 saturated heterocycles. The van der Waals surface area contributed by atoms with Gasteiger partial charge in [0.05, 0.1) is 0 Å². The van der Waals surface area contributed by atoms with E-state index in [0.717, 1.165) is 12.8 Å². The van der Waals surface area contributed by atoms with Crippen LogP contribution in [0.1, 0.15) is 57.9 Å². The van der Waals surface area contributed by atoms with E-state index in [1.54, 1.807) is 0 Å². The summed E-state index contributed by atoms with van der Waals surface area (Å²) in [6.07, 6.45) is 0.0299. The van der Waals surface area contributed by atoms with E-state index in [4.69, 9.17) is 9.26 Å². The van der Waals surface area contributed by atoms with Crippen LogP contribution in [0.25, 0.3) is 11.5 Å². The lowest BCUT2D eigenvalue weighted by Crippen LogP contribution is -2.35. The Kier molecular flexibility index (Phi) is 4.25.